The Kier molecular flexibility index (Phi) is 6.88. The SMILES string of the molecule is C=CCCCCCC(=O)OC(C)=O. The second kappa shape index (κ2) is 7.53. The van der Waals surface area contributed by atoms with Crippen LogP contribution in [0.25, 0.3) is 0 Å². The molecule has 3 heteroatoms. The molecule has 74 valence electrons. The van der Waals surface area contributed by atoms with Crippen molar-refractivity contribution in [3.8, 4) is 0 Å². The highest BCUT2D eigenvalue weighted by molar-refractivity contribution is 5.83. The second-order valence-corrected chi connectivity index (χ2v) is 2.85. The van der Waals surface area contributed by atoms with Gasteiger partial charge in [-0.05, 0) is 19.3 Å². The number of hydrogen-bond acceptors (Lipinski definition) is 3. The van der Waals surface area contributed by atoms with E-state index < -0.39 is 11.9 Å². The summed E-state index contributed by atoms with van der Waals surface area (Å²) in [5.41, 5.74) is 0. The third-order valence-corrected chi connectivity index (χ3v) is 1.55. The lowest BCUT2D eigenvalue weighted by Gasteiger charge is -1.99. The van der Waals surface area contributed by atoms with Crippen LogP contribution in [0.5, 0.6) is 0 Å². The molecule has 3 nitrogen and oxygen atoms in total. The zero-order valence-electron chi connectivity index (χ0n) is 8.04. The summed E-state index contributed by atoms with van der Waals surface area (Å²) in [4.78, 5) is 21.2. The predicted molar refractivity (Wildman–Crippen MR) is 50.1 cm³/mol. The molecule has 0 unspecified atom stereocenters. The fourth-order valence-electron chi connectivity index (χ4n) is 0.946. The van der Waals surface area contributed by atoms with E-state index in [2.05, 4.69) is 11.3 Å². The third kappa shape index (κ3) is 8.79. The van der Waals surface area contributed by atoms with Crippen molar-refractivity contribution in [3.63, 3.8) is 0 Å². The summed E-state index contributed by atoms with van der Waals surface area (Å²) in [6.07, 6.45) is 5.95. The number of esters is 2. The molecule has 0 rings (SSSR count). The van der Waals surface area contributed by atoms with E-state index in [0.717, 1.165) is 25.7 Å². The van der Waals surface area contributed by atoms with Gasteiger partial charge in [0.15, 0.2) is 0 Å². The minimum absolute atomic E-state index is 0.330. The van der Waals surface area contributed by atoms with Crippen molar-refractivity contribution < 1.29 is 14.3 Å². The van der Waals surface area contributed by atoms with Crippen molar-refractivity contribution in [3.05, 3.63) is 12.7 Å². The maximum atomic E-state index is 10.8. The van der Waals surface area contributed by atoms with E-state index in [9.17, 15) is 9.59 Å². The summed E-state index contributed by atoms with van der Waals surface area (Å²) < 4.78 is 4.36. The number of allylic oxidation sites excluding steroid dienone is 1. The van der Waals surface area contributed by atoms with Gasteiger partial charge in [-0.2, -0.15) is 0 Å². The van der Waals surface area contributed by atoms with Crippen LogP contribution in [-0.2, 0) is 14.3 Å². The van der Waals surface area contributed by atoms with Gasteiger partial charge in [-0.1, -0.05) is 12.5 Å². The summed E-state index contributed by atoms with van der Waals surface area (Å²) >= 11 is 0. The summed E-state index contributed by atoms with van der Waals surface area (Å²) in [5.74, 6) is -0.956. The van der Waals surface area contributed by atoms with Crippen molar-refractivity contribution in [2.75, 3.05) is 0 Å². The Bertz CT molecular complexity index is 185. The lowest BCUT2D eigenvalue weighted by Crippen LogP contribution is -2.08. The molecule has 13 heavy (non-hydrogen) atoms. The van der Waals surface area contributed by atoms with Crippen LogP contribution < -0.4 is 0 Å². The first-order valence-corrected chi connectivity index (χ1v) is 4.49. The van der Waals surface area contributed by atoms with Gasteiger partial charge in [-0.3, -0.25) is 9.59 Å². The molecule has 0 saturated heterocycles. The highest BCUT2D eigenvalue weighted by atomic mass is 16.6. The van der Waals surface area contributed by atoms with Crippen molar-refractivity contribution >= 4 is 11.9 Å². The number of hydrogen-bond donors (Lipinski definition) is 0. The van der Waals surface area contributed by atoms with Crippen LogP contribution in [0.2, 0.25) is 0 Å². The Hall–Kier alpha value is -1.12. The lowest BCUT2D eigenvalue weighted by molar-refractivity contribution is -0.158. The normalized spacial score (nSPS) is 9.31. The van der Waals surface area contributed by atoms with Crippen LogP contribution in [0.1, 0.15) is 39.0 Å². The van der Waals surface area contributed by atoms with Crippen molar-refractivity contribution in [1.29, 1.82) is 0 Å². The molecule has 0 N–H and O–H groups in total. The number of carbonyl (C=O) groups is 2. The van der Waals surface area contributed by atoms with Gasteiger partial charge in [0.25, 0.3) is 0 Å². The predicted octanol–water partition coefficient (Wildman–Crippen LogP) is 2.21. The van der Waals surface area contributed by atoms with Gasteiger partial charge in [0.2, 0.25) is 0 Å². The van der Waals surface area contributed by atoms with Gasteiger partial charge in [0.05, 0.1) is 0 Å². The molecule has 0 radical (unpaired) electrons. The Morgan fingerprint density at radius 2 is 2.00 bits per heavy atom. The molecule has 0 aliphatic heterocycles. The molecule has 0 atom stereocenters. The minimum atomic E-state index is -0.531. The number of unbranched alkanes of at least 4 members (excludes halogenated alkanes) is 3. The van der Waals surface area contributed by atoms with Crippen LogP contribution >= 0.6 is 0 Å². The van der Waals surface area contributed by atoms with E-state index in [-0.39, 0.29) is 0 Å². The Morgan fingerprint density at radius 3 is 2.54 bits per heavy atom. The number of ether oxygens (including phenoxy) is 1. The van der Waals surface area contributed by atoms with Crippen LogP contribution in [0.4, 0.5) is 0 Å². The van der Waals surface area contributed by atoms with Gasteiger partial charge in [-0.25, -0.2) is 0 Å². The zero-order valence-corrected chi connectivity index (χ0v) is 8.04. The van der Waals surface area contributed by atoms with Crippen LogP contribution in [-0.4, -0.2) is 11.9 Å². The first-order valence-electron chi connectivity index (χ1n) is 4.49. The Morgan fingerprint density at radius 1 is 1.31 bits per heavy atom. The highest BCUT2D eigenvalue weighted by Gasteiger charge is 2.04. The standard InChI is InChI=1S/C10H16O3/c1-3-4-5-6-7-8-10(12)13-9(2)11/h3H,1,4-8H2,2H3. The smallest absolute Gasteiger partial charge is 0.313 e. The van der Waals surface area contributed by atoms with E-state index in [4.69, 9.17) is 0 Å². The second-order valence-electron chi connectivity index (χ2n) is 2.85. The van der Waals surface area contributed by atoms with Crippen molar-refractivity contribution in [2.24, 2.45) is 0 Å². The molecule has 0 aromatic rings. The maximum absolute atomic E-state index is 10.8. The molecule has 0 aliphatic rings. The zero-order chi connectivity index (χ0) is 10.1. The summed E-state index contributed by atoms with van der Waals surface area (Å²) in [6, 6.07) is 0. The summed E-state index contributed by atoms with van der Waals surface area (Å²) in [5, 5.41) is 0. The first-order chi connectivity index (χ1) is 6.16. The molecule has 0 amide bonds. The molecular formula is C10H16O3. The Labute approximate surface area is 78.8 Å². The highest BCUT2D eigenvalue weighted by Crippen LogP contribution is 2.04. The van der Waals surface area contributed by atoms with Crippen LogP contribution in [0, 0.1) is 0 Å². The van der Waals surface area contributed by atoms with E-state index in [1.54, 1.807) is 0 Å². The quantitative estimate of drug-likeness (QED) is 0.275. The monoisotopic (exact) mass is 184 g/mol. The van der Waals surface area contributed by atoms with E-state index >= 15 is 0 Å². The lowest BCUT2D eigenvalue weighted by atomic mass is 10.1. The molecule has 0 aromatic carbocycles. The molecule has 0 spiro atoms. The van der Waals surface area contributed by atoms with Gasteiger partial charge < -0.3 is 4.74 Å². The first kappa shape index (κ1) is 11.9. The minimum Gasteiger partial charge on any atom is -0.393 e. The number of carbonyl (C=O) groups excluding carboxylic acids is 2. The average molecular weight is 184 g/mol. The summed E-state index contributed by atoms with van der Waals surface area (Å²) in [7, 11) is 0. The molecule has 0 aliphatic carbocycles. The van der Waals surface area contributed by atoms with E-state index in [1.165, 1.54) is 6.92 Å². The summed E-state index contributed by atoms with van der Waals surface area (Å²) in [6.45, 7) is 4.83. The Balaban J connectivity index is 3.26. The van der Waals surface area contributed by atoms with Crippen LogP contribution in [0.3, 0.4) is 0 Å². The van der Waals surface area contributed by atoms with Gasteiger partial charge in [0, 0.05) is 13.3 Å². The van der Waals surface area contributed by atoms with Gasteiger partial charge >= 0.3 is 11.9 Å². The van der Waals surface area contributed by atoms with E-state index in [0.29, 0.717) is 6.42 Å². The van der Waals surface area contributed by atoms with Crippen molar-refractivity contribution in [1.82, 2.24) is 0 Å². The topological polar surface area (TPSA) is 43.4 Å². The van der Waals surface area contributed by atoms with Crippen LogP contribution in [0.15, 0.2) is 12.7 Å². The van der Waals surface area contributed by atoms with Gasteiger partial charge in [-0.15, -0.1) is 6.58 Å². The average Bonchev–Trinajstić information content (AvgIpc) is 2.02. The molecule has 0 aromatic heterocycles. The fourth-order valence-corrected chi connectivity index (χ4v) is 0.946. The van der Waals surface area contributed by atoms with Crippen molar-refractivity contribution in [2.45, 2.75) is 39.0 Å². The third-order valence-electron chi connectivity index (χ3n) is 1.55. The largest absolute Gasteiger partial charge is 0.393 e. The molecule has 0 fully saturated rings. The maximum Gasteiger partial charge on any atom is 0.313 e. The van der Waals surface area contributed by atoms with E-state index in [1.807, 2.05) is 6.08 Å². The fraction of sp³-hybridized carbons (Fsp3) is 0.600. The molecule has 0 heterocycles. The number of rotatable bonds is 6. The molecular weight excluding hydrogens is 168 g/mol. The molecule has 0 bridgehead atoms. The van der Waals surface area contributed by atoms with Gasteiger partial charge in [0.1, 0.15) is 0 Å². The molecule has 0 saturated carbocycles.